The summed E-state index contributed by atoms with van der Waals surface area (Å²) >= 11 is 8.11. The number of ether oxygens (including phenoxy) is 1. The molecule has 1 N–H and O–H groups in total. The molecule has 0 atom stereocenters. The van der Waals surface area contributed by atoms with Crippen LogP contribution in [-0.2, 0) is 16.0 Å². The predicted octanol–water partition coefficient (Wildman–Crippen LogP) is 6.21. The summed E-state index contributed by atoms with van der Waals surface area (Å²) in [4.78, 5) is 12.6. The van der Waals surface area contributed by atoms with Crippen LogP contribution in [-0.4, -0.2) is 13.1 Å². The van der Waals surface area contributed by atoms with Gasteiger partial charge < -0.3 is 10.1 Å². The van der Waals surface area contributed by atoms with E-state index in [-0.39, 0.29) is 12.4 Å². The molecule has 0 bridgehead atoms. The molecule has 0 amide bonds. The molecule has 0 saturated carbocycles. The van der Waals surface area contributed by atoms with E-state index in [1.165, 1.54) is 17.6 Å². The highest BCUT2D eigenvalue weighted by atomic mass is 35.5. The van der Waals surface area contributed by atoms with Gasteiger partial charge in [0.15, 0.2) is 0 Å². The first-order chi connectivity index (χ1) is 12.5. The third-order valence-corrected chi connectivity index (χ3v) is 5.28. The number of carbonyl (C=O) groups is 1. The molecule has 138 valence electrons. The highest BCUT2D eigenvalue weighted by Gasteiger charge is 2.09. The van der Waals surface area contributed by atoms with Crippen molar-refractivity contribution in [3.63, 3.8) is 0 Å². The van der Waals surface area contributed by atoms with Crippen molar-refractivity contribution in [2.45, 2.75) is 38.0 Å². The lowest BCUT2D eigenvalue weighted by Crippen LogP contribution is -2.05. The van der Waals surface area contributed by atoms with E-state index in [4.69, 9.17) is 16.3 Å². The van der Waals surface area contributed by atoms with Gasteiger partial charge in [-0.25, -0.2) is 0 Å². The molecule has 26 heavy (non-hydrogen) atoms. The fourth-order valence-electron chi connectivity index (χ4n) is 2.32. The topological polar surface area (TPSA) is 38.3 Å². The van der Waals surface area contributed by atoms with E-state index in [0.717, 1.165) is 29.1 Å². The number of benzene rings is 2. The molecule has 0 unspecified atom stereocenters. The first-order valence-electron chi connectivity index (χ1n) is 8.59. The molecule has 2 rings (SSSR count). The Morgan fingerprint density at radius 1 is 1.27 bits per heavy atom. The van der Waals surface area contributed by atoms with Gasteiger partial charge in [-0.1, -0.05) is 67.0 Å². The van der Waals surface area contributed by atoms with E-state index in [1.54, 1.807) is 17.8 Å². The minimum absolute atomic E-state index is 0.215. The molecular formula is C21H24ClNO2S. The van der Waals surface area contributed by atoms with Crippen LogP contribution in [0.2, 0.25) is 5.02 Å². The predicted molar refractivity (Wildman–Crippen MR) is 111 cm³/mol. The first-order valence-corrected chi connectivity index (χ1v) is 9.78. The summed E-state index contributed by atoms with van der Waals surface area (Å²) in [5.41, 5.74) is 2.89. The van der Waals surface area contributed by atoms with Crippen LogP contribution in [0.5, 0.6) is 0 Å². The van der Waals surface area contributed by atoms with Crippen molar-refractivity contribution in [3.05, 3.63) is 69.7 Å². The lowest BCUT2D eigenvalue weighted by molar-refractivity contribution is -0.139. The second-order valence-electron chi connectivity index (χ2n) is 5.92. The zero-order valence-electron chi connectivity index (χ0n) is 15.3. The number of esters is 1. The van der Waals surface area contributed by atoms with Crippen LogP contribution in [0.4, 0.5) is 5.69 Å². The Bertz CT molecular complexity index is 789. The quantitative estimate of drug-likeness (QED) is 0.430. The summed E-state index contributed by atoms with van der Waals surface area (Å²) in [6.45, 7) is 4.26. The number of thioether (sulfide) groups is 1. The van der Waals surface area contributed by atoms with Gasteiger partial charge in [0.25, 0.3) is 0 Å². The zero-order valence-corrected chi connectivity index (χ0v) is 16.9. The van der Waals surface area contributed by atoms with Gasteiger partial charge in [0.2, 0.25) is 0 Å². The number of nitrogens with one attached hydrogen (secondary N) is 1. The summed E-state index contributed by atoms with van der Waals surface area (Å²) in [6, 6.07) is 13.9. The first kappa shape index (κ1) is 20.4. The third-order valence-electron chi connectivity index (χ3n) is 3.80. The molecule has 0 aliphatic heterocycles. The normalized spacial score (nSPS) is 11.3. The number of carbonyl (C=O) groups excluding carboxylic acids is 1. The minimum atomic E-state index is -0.277. The summed E-state index contributed by atoms with van der Waals surface area (Å²) in [7, 11) is 1.38. The summed E-state index contributed by atoms with van der Waals surface area (Å²) < 4.78 is 4.70. The van der Waals surface area contributed by atoms with Gasteiger partial charge in [-0.15, -0.1) is 0 Å². The van der Waals surface area contributed by atoms with Crippen LogP contribution in [0.1, 0.15) is 30.9 Å². The monoisotopic (exact) mass is 389 g/mol. The number of hydrogen-bond acceptors (Lipinski definition) is 4. The molecule has 0 saturated heterocycles. The average molecular weight is 390 g/mol. The largest absolute Gasteiger partial charge is 0.469 e. The van der Waals surface area contributed by atoms with Crippen molar-refractivity contribution < 1.29 is 9.53 Å². The minimum Gasteiger partial charge on any atom is -0.469 e. The number of allylic oxidation sites excluding steroid dienone is 1. The lowest BCUT2D eigenvalue weighted by Gasteiger charge is -2.14. The number of aryl methyl sites for hydroxylation is 1. The van der Waals surface area contributed by atoms with E-state index in [9.17, 15) is 4.79 Å². The summed E-state index contributed by atoms with van der Waals surface area (Å²) in [5, 5.41) is 5.06. The number of hydrogen-bond donors (Lipinski definition) is 1. The molecular weight excluding hydrogens is 366 g/mol. The third kappa shape index (κ3) is 6.11. The molecule has 5 heteroatoms. The Morgan fingerprint density at radius 3 is 2.69 bits per heavy atom. The summed E-state index contributed by atoms with van der Waals surface area (Å²) in [6.07, 6.45) is 4.47. The number of anilines is 1. The maximum atomic E-state index is 11.4. The van der Waals surface area contributed by atoms with Crippen molar-refractivity contribution in [1.82, 2.24) is 0 Å². The maximum Gasteiger partial charge on any atom is 0.309 e. The summed E-state index contributed by atoms with van der Waals surface area (Å²) in [5.74, 6) is -0.277. The van der Waals surface area contributed by atoms with Crippen molar-refractivity contribution in [2.24, 2.45) is 0 Å². The van der Waals surface area contributed by atoms with Crippen LogP contribution in [0, 0.1) is 6.92 Å². The van der Waals surface area contributed by atoms with Crippen molar-refractivity contribution in [2.75, 3.05) is 12.4 Å². The van der Waals surface area contributed by atoms with Gasteiger partial charge in [0.1, 0.15) is 0 Å². The molecule has 2 aromatic carbocycles. The standard InChI is InChI=1S/C21H24ClNO2S/c1-4-5-10-20(26-19-9-7-6-8-15(19)2)23-18-12-11-16(13-17(18)22)14-21(24)25-3/h6-13,23H,4-5,14H2,1-3H3/b20-10+. The lowest BCUT2D eigenvalue weighted by atomic mass is 10.1. The fraction of sp³-hybridized carbons (Fsp3) is 0.286. The molecule has 0 aliphatic rings. The maximum absolute atomic E-state index is 11.4. The van der Waals surface area contributed by atoms with E-state index in [2.05, 4.69) is 37.4 Å². The number of unbranched alkanes of at least 4 members (excludes halogenated alkanes) is 1. The molecule has 0 fully saturated rings. The Labute approximate surface area is 164 Å². The van der Waals surface area contributed by atoms with E-state index < -0.39 is 0 Å². The van der Waals surface area contributed by atoms with Gasteiger partial charge in [-0.05, 0) is 42.7 Å². The smallest absolute Gasteiger partial charge is 0.309 e. The van der Waals surface area contributed by atoms with Crippen molar-refractivity contribution >= 4 is 35.0 Å². The molecule has 0 aromatic heterocycles. The second-order valence-corrected chi connectivity index (χ2v) is 7.41. The number of rotatable bonds is 8. The Morgan fingerprint density at radius 2 is 2.04 bits per heavy atom. The van der Waals surface area contributed by atoms with Crippen LogP contribution in [0.3, 0.4) is 0 Å². The van der Waals surface area contributed by atoms with Crippen LogP contribution < -0.4 is 5.32 Å². The highest BCUT2D eigenvalue weighted by molar-refractivity contribution is 8.03. The molecule has 0 aliphatic carbocycles. The average Bonchev–Trinajstić information content (AvgIpc) is 2.63. The fourth-order valence-corrected chi connectivity index (χ4v) is 3.55. The Kier molecular flexibility index (Phi) is 8.07. The van der Waals surface area contributed by atoms with Gasteiger partial charge in [0.05, 0.1) is 29.3 Å². The Hall–Kier alpha value is -1.91. The van der Waals surface area contributed by atoms with E-state index >= 15 is 0 Å². The van der Waals surface area contributed by atoms with Crippen molar-refractivity contribution in [1.29, 1.82) is 0 Å². The SMILES string of the molecule is CCC/C=C(\Nc1ccc(CC(=O)OC)cc1Cl)Sc1ccccc1C. The molecule has 0 radical (unpaired) electrons. The molecule has 3 nitrogen and oxygen atoms in total. The van der Waals surface area contributed by atoms with Crippen molar-refractivity contribution in [3.8, 4) is 0 Å². The molecule has 0 heterocycles. The number of halogens is 1. The van der Waals surface area contributed by atoms with Crippen LogP contribution >= 0.6 is 23.4 Å². The molecule has 2 aromatic rings. The zero-order chi connectivity index (χ0) is 18.9. The second kappa shape index (κ2) is 10.3. The van der Waals surface area contributed by atoms with Gasteiger partial charge >= 0.3 is 5.97 Å². The van der Waals surface area contributed by atoms with Gasteiger partial charge in [-0.3, -0.25) is 4.79 Å². The molecule has 0 spiro atoms. The Balaban J connectivity index is 2.18. The van der Waals surface area contributed by atoms with E-state index in [0.29, 0.717) is 5.02 Å². The van der Waals surface area contributed by atoms with Crippen LogP contribution in [0.25, 0.3) is 0 Å². The van der Waals surface area contributed by atoms with Gasteiger partial charge in [0, 0.05) is 4.90 Å². The van der Waals surface area contributed by atoms with Gasteiger partial charge in [-0.2, -0.15) is 0 Å². The highest BCUT2D eigenvalue weighted by Crippen LogP contribution is 2.33. The van der Waals surface area contributed by atoms with Crippen LogP contribution in [0.15, 0.2) is 58.5 Å². The van der Waals surface area contributed by atoms with E-state index in [1.807, 2.05) is 24.3 Å². The number of methoxy groups -OCH3 is 1.